The van der Waals surface area contributed by atoms with E-state index in [0.717, 1.165) is 18.6 Å². The van der Waals surface area contributed by atoms with Crippen LogP contribution in [0.25, 0.3) is 0 Å². The van der Waals surface area contributed by atoms with Crippen molar-refractivity contribution in [3.63, 3.8) is 0 Å². The van der Waals surface area contributed by atoms with Crippen molar-refractivity contribution < 1.29 is 14.3 Å². The molecule has 20 heavy (non-hydrogen) atoms. The van der Waals surface area contributed by atoms with Gasteiger partial charge in [0, 0.05) is 12.1 Å². The SMILES string of the molecule is CCCNC(=O)CNC(=O)c1ccc(OCCC)cc1. The molecule has 5 heteroatoms. The monoisotopic (exact) mass is 278 g/mol. The lowest BCUT2D eigenvalue weighted by atomic mass is 10.2. The van der Waals surface area contributed by atoms with Gasteiger partial charge in [0.1, 0.15) is 5.75 Å². The summed E-state index contributed by atoms with van der Waals surface area (Å²) in [6, 6.07) is 6.87. The number of hydrogen-bond acceptors (Lipinski definition) is 3. The van der Waals surface area contributed by atoms with Crippen molar-refractivity contribution in [1.29, 1.82) is 0 Å². The summed E-state index contributed by atoms with van der Waals surface area (Å²) in [6.45, 7) is 5.28. The maximum Gasteiger partial charge on any atom is 0.251 e. The molecule has 0 fully saturated rings. The maximum absolute atomic E-state index is 11.8. The minimum atomic E-state index is -0.265. The zero-order chi connectivity index (χ0) is 14.8. The van der Waals surface area contributed by atoms with Gasteiger partial charge in [0.05, 0.1) is 13.2 Å². The summed E-state index contributed by atoms with van der Waals surface area (Å²) < 4.78 is 5.44. The van der Waals surface area contributed by atoms with Gasteiger partial charge in [-0.2, -0.15) is 0 Å². The molecule has 1 rings (SSSR count). The Labute approximate surface area is 119 Å². The summed E-state index contributed by atoms with van der Waals surface area (Å²) in [6.07, 6.45) is 1.81. The fourth-order valence-corrected chi connectivity index (χ4v) is 1.51. The molecule has 0 aliphatic heterocycles. The fraction of sp³-hybridized carbons (Fsp3) is 0.467. The van der Waals surface area contributed by atoms with Gasteiger partial charge in [-0.15, -0.1) is 0 Å². The molecule has 0 unspecified atom stereocenters. The van der Waals surface area contributed by atoms with Crippen molar-refractivity contribution in [1.82, 2.24) is 10.6 Å². The molecule has 0 bridgehead atoms. The zero-order valence-electron chi connectivity index (χ0n) is 12.1. The van der Waals surface area contributed by atoms with E-state index in [0.29, 0.717) is 18.7 Å². The molecule has 0 saturated carbocycles. The third kappa shape index (κ3) is 5.73. The predicted molar refractivity (Wildman–Crippen MR) is 77.9 cm³/mol. The maximum atomic E-state index is 11.8. The van der Waals surface area contributed by atoms with Crippen LogP contribution in [0.15, 0.2) is 24.3 Å². The van der Waals surface area contributed by atoms with E-state index >= 15 is 0 Å². The third-order valence-corrected chi connectivity index (χ3v) is 2.57. The van der Waals surface area contributed by atoms with Gasteiger partial charge < -0.3 is 15.4 Å². The van der Waals surface area contributed by atoms with Gasteiger partial charge in [0.25, 0.3) is 5.91 Å². The molecule has 2 amide bonds. The zero-order valence-corrected chi connectivity index (χ0v) is 12.1. The second-order valence-electron chi connectivity index (χ2n) is 4.41. The van der Waals surface area contributed by atoms with Crippen LogP contribution >= 0.6 is 0 Å². The molecule has 5 nitrogen and oxygen atoms in total. The average molecular weight is 278 g/mol. The van der Waals surface area contributed by atoms with Gasteiger partial charge in [-0.1, -0.05) is 13.8 Å². The first-order valence-corrected chi connectivity index (χ1v) is 6.95. The fourth-order valence-electron chi connectivity index (χ4n) is 1.51. The van der Waals surface area contributed by atoms with Crippen LogP contribution < -0.4 is 15.4 Å². The van der Waals surface area contributed by atoms with E-state index in [1.54, 1.807) is 24.3 Å². The molecule has 0 spiro atoms. The van der Waals surface area contributed by atoms with E-state index in [9.17, 15) is 9.59 Å². The first-order chi connectivity index (χ1) is 9.67. The summed E-state index contributed by atoms with van der Waals surface area (Å²) in [4.78, 5) is 23.2. The summed E-state index contributed by atoms with van der Waals surface area (Å²) in [5.74, 6) is 0.297. The van der Waals surface area contributed by atoms with Crippen LogP contribution in [-0.2, 0) is 4.79 Å². The second-order valence-corrected chi connectivity index (χ2v) is 4.41. The van der Waals surface area contributed by atoms with Crippen molar-refractivity contribution >= 4 is 11.8 Å². The van der Waals surface area contributed by atoms with Gasteiger partial charge >= 0.3 is 0 Å². The Hall–Kier alpha value is -2.04. The number of benzene rings is 1. The van der Waals surface area contributed by atoms with Crippen LogP contribution in [0.4, 0.5) is 0 Å². The highest BCUT2D eigenvalue weighted by Gasteiger charge is 2.07. The van der Waals surface area contributed by atoms with E-state index in [1.807, 2.05) is 13.8 Å². The summed E-state index contributed by atoms with van der Waals surface area (Å²) in [5.41, 5.74) is 0.511. The lowest BCUT2D eigenvalue weighted by molar-refractivity contribution is -0.120. The number of nitrogens with one attached hydrogen (secondary N) is 2. The molecular formula is C15H22N2O3. The van der Waals surface area contributed by atoms with Gasteiger partial charge in [0.2, 0.25) is 5.91 Å². The summed E-state index contributed by atoms with van der Waals surface area (Å²) in [5, 5.41) is 5.28. The number of carbonyl (C=O) groups excluding carboxylic acids is 2. The average Bonchev–Trinajstić information content (AvgIpc) is 2.49. The van der Waals surface area contributed by atoms with Crippen LogP contribution in [0, 0.1) is 0 Å². The van der Waals surface area contributed by atoms with E-state index < -0.39 is 0 Å². The number of hydrogen-bond donors (Lipinski definition) is 2. The number of carbonyl (C=O) groups is 2. The largest absolute Gasteiger partial charge is 0.494 e. The molecule has 110 valence electrons. The van der Waals surface area contributed by atoms with Crippen molar-refractivity contribution in [3.05, 3.63) is 29.8 Å². The molecule has 0 atom stereocenters. The number of ether oxygens (including phenoxy) is 1. The molecule has 0 heterocycles. The molecule has 0 aromatic heterocycles. The Bertz CT molecular complexity index is 429. The van der Waals surface area contributed by atoms with E-state index in [4.69, 9.17) is 4.74 Å². The Balaban J connectivity index is 2.41. The highest BCUT2D eigenvalue weighted by atomic mass is 16.5. The van der Waals surface area contributed by atoms with Gasteiger partial charge in [-0.25, -0.2) is 0 Å². The van der Waals surface area contributed by atoms with Gasteiger partial charge in [-0.3, -0.25) is 9.59 Å². The first-order valence-electron chi connectivity index (χ1n) is 6.95. The lowest BCUT2D eigenvalue weighted by Crippen LogP contribution is -2.37. The van der Waals surface area contributed by atoms with Crippen LogP contribution in [0.2, 0.25) is 0 Å². The normalized spacial score (nSPS) is 9.90. The van der Waals surface area contributed by atoms with E-state index in [-0.39, 0.29) is 18.4 Å². The first kappa shape index (κ1) is 16.0. The van der Waals surface area contributed by atoms with Crippen molar-refractivity contribution in [2.24, 2.45) is 0 Å². The molecule has 1 aromatic rings. The van der Waals surface area contributed by atoms with Crippen LogP contribution in [0.1, 0.15) is 37.0 Å². The molecular weight excluding hydrogens is 256 g/mol. The van der Waals surface area contributed by atoms with Crippen LogP contribution in [-0.4, -0.2) is 31.5 Å². The van der Waals surface area contributed by atoms with Crippen molar-refractivity contribution in [2.75, 3.05) is 19.7 Å². The minimum absolute atomic E-state index is 0.00702. The third-order valence-electron chi connectivity index (χ3n) is 2.57. The molecule has 0 aliphatic rings. The summed E-state index contributed by atoms with van der Waals surface area (Å²) >= 11 is 0. The topological polar surface area (TPSA) is 67.4 Å². The molecule has 0 aliphatic carbocycles. The van der Waals surface area contributed by atoms with Crippen molar-refractivity contribution in [3.8, 4) is 5.75 Å². The van der Waals surface area contributed by atoms with Crippen LogP contribution in [0.5, 0.6) is 5.75 Å². The van der Waals surface area contributed by atoms with Crippen molar-refractivity contribution in [2.45, 2.75) is 26.7 Å². The highest BCUT2D eigenvalue weighted by Crippen LogP contribution is 2.12. The molecule has 0 radical (unpaired) electrons. The summed E-state index contributed by atoms with van der Waals surface area (Å²) in [7, 11) is 0. The Morgan fingerprint density at radius 3 is 2.35 bits per heavy atom. The molecule has 2 N–H and O–H groups in total. The Morgan fingerprint density at radius 1 is 1.05 bits per heavy atom. The molecule has 0 saturated heterocycles. The molecule has 1 aromatic carbocycles. The standard InChI is InChI=1S/C15H22N2O3/c1-3-9-16-14(18)11-17-15(19)12-5-7-13(8-6-12)20-10-4-2/h5-8H,3-4,9-11H2,1-2H3,(H,16,18)(H,17,19). The second kappa shape index (κ2) is 8.96. The van der Waals surface area contributed by atoms with Gasteiger partial charge in [-0.05, 0) is 37.1 Å². The lowest BCUT2D eigenvalue weighted by Gasteiger charge is -2.07. The number of amides is 2. The quantitative estimate of drug-likeness (QED) is 0.761. The Morgan fingerprint density at radius 2 is 1.75 bits per heavy atom. The van der Waals surface area contributed by atoms with E-state index in [1.165, 1.54) is 0 Å². The van der Waals surface area contributed by atoms with Gasteiger partial charge in [0.15, 0.2) is 0 Å². The van der Waals surface area contributed by atoms with Crippen LogP contribution in [0.3, 0.4) is 0 Å². The Kier molecular flexibility index (Phi) is 7.17. The smallest absolute Gasteiger partial charge is 0.251 e. The highest BCUT2D eigenvalue weighted by molar-refractivity contribution is 5.96. The van der Waals surface area contributed by atoms with E-state index in [2.05, 4.69) is 10.6 Å². The minimum Gasteiger partial charge on any atom is -0.494 e. The predicted octanol–water partition coefficient (Wildman–Crippen LogP) is 1.73. The number of rotatable bonds is 8.